The minimum absolute atomic E-state index is 0.0179. The van der Waals surface area contributed by atoms with Gasteiger partial charge in [-0.3, -0.25) is 9.88 Å². The van der Waals surface area contributed by atoms with Crippen LogP contribution in [-0.4, -0.2) is 63.8 Å². The highest BCUT2D eigenvalue weighted by atomic mass is 19.1. The molecule has 0 radical (unpaired) electrons. The van der Waals surface area contributed by atoms with Crippen LogP contribution in [-0.2, 0) is 17.0 Å². The first-order valence-electron chi connectivity index (χ1n) is 11.0. The molecule has 1 amide bonds. The van der Waals surface area contributed by atoms with Gasteiger partial charge in [0.15, 0.2) is 5.67 Å². The van der Waals surface area contributed by atoms with E-state index < -0.39 is 29.5 Å². The monoisotopic (exact) mass is 470 g/mol. The smallest absolute Gasteiger partial charge is 0.414 e. The number of pyridine rings is 1. The first-order chi connectivity index (χ1) is 16.3. The van der Waals surface area contributed by atoms with Crippen LogP contribution in [0.25, 0.3) is 11.1 Å². The molecule has 1 aliphatic carbocycles. The number of anilines is 1. The number of piperidine rings is 1. The predicted molar refractivity (Wildman–Crippen MR) is 114 cm³/mol. The SMILES string of the molecule is CN1C[C@@H]2[C@H](C1)[C@@]2(F)c1ccc(-c2cc(F)c(N3C[C@H](Cn4ccnn4)OC3=O)cc2F)cn1. The summed E-state index contributed by atoms with van der Waals surface area (Å²) in [5.41, 5.74) is -1.02. The molecule has 1 saturated carbocycles. The summed E-state index contributed by atoms with van der Waals surface area (Å²) >= 11 is 0. The number of likely N-dealkylation sites (tertiary alicyclic amines) is 1. The number of hydrogen-bond donors (Lipinski definition) is 0. The Kier molecular flexibility index (Phi) is 4.67. The summed E-state index contributed by atoms with van der Waals surface area (Å²) in [7, 11) is 1.96. The van der Waals surface area contributed by atoms with E-state index in [2.05, 4.69) is 20.2 Å². The van der Waals surface area contributed by atoms with Crippen LogP contribution < -0.4 is 4.90 Å². The lowest BCUT2D eigenvalue weighted by Crippen LogP contribution is -2.27. The van der Waals surface area contributed by atoms with E-state index in [0.29, 0.717) is 24.3 Å². The highest BCUT2D eigenvalue weighted by Crippen LogP contribution is 2.63. The molecule has 2 aliphatic heterocycles. The Balaban J connectivity index is 1.21. The van der Waals surface area contributed by atoms with Crippen molar-refractivity contribution in [3.8, 4) is 11.1 Å². The van der Waals surface area contributed by atoms with Gasteiger partial charge in [0.1, 0.15) is 17.7 Å². The van der Waals surface area contributed by atoms with Gasteiger partial charge in [-0.1, -0.05) is 11.3 Å². The van der Waals surface area contributed by atoms with E-state index in [0.717, 1.165) is 17.0 Å². The molecule has 11 heteroatoms. The lowest BCUT2D eigenvalue weighted by Gasteiger charge is -2.18. The van der Waals surface area contributed by atoms with E-state index in [1.54, 1.807) is 18.3 Å². The molecule has 2 aromatic heterocycles. The van der Waals surface area contributed by atoms with E-state index in [1.807, 2.05) is 7.05 Å². The normalized spacial score (nSPS) is 28.3. The molecular formula is C23H21F3N6O2. The maximum Gasteiger partial charge on any atom is 0.414 e. The van der Waals surface area contributed by atoms with Gasteiger partial charge >= 0.3 is 6.09 Å². The molecule has 0 N–H and O–H groups in total. The van der Waals surface area contributed by atoms with Gasteiger partial charge in [0.2, 0.25) is 0 Å². The lowest BCUT2D eigenvalue weighted by atomic mass is 10.0. The number of carbonyl (C=O) groups is 1. The average Bonchev–Trinajstić information content (AvgIpc) is 3.34. The van der Waals surface area contributed by atoms with Crippen LogP contribution in [0.2, 0.25) is 0 Å². The van der Waals surface area contributed by atoms with Crippen molar-refractivity contribution >= 4 is 11.8 Å². The summed E-state index contributed by atoms with van der Waals surface area (Å²) in [6.07, 6.45) is 3.12. The molecule has 4 atom stereocenters. The molecule has 34 heavy (non-hydrogen) atoms. The summed E-state index contributed by atoms with van der Waals surface area (Å²) < 4.78 is 52.1. The Morgan fingerprint density at radius 2 is 1.94 bits per heavy atom. The van der Waals surface area contributed by atoms with Crippen LogP contribution in [0, 0.1) is 23.5 Å². The van der Waals surface area contributed by atoms with Gasteiger partial charge in [0.25, 0.3) is 0 Å². The van der Waals surface area contributed by atoms with Gasteiger partial charge in [-0.25, -0.2) is 22.6 Å². The highest BCUT2D eigenvalue weighted by molar-refractivity contribution is 5.90. The van der Waals surface area contributed by atoms with Crippen molar-refractivity contribution in [2.45, 2.75) is 18.3 Å². The Hall–Kier alpha value is -3.47. The van der Waals surface area contributed by atoms with Crippen LogP contribution >= 0.6 is 0 Å². The third kappa shape index (κ3) is 3.25. The van der Waals surface area contributed by atoms with Gasteiger partial charge in [-0.2, -0.15) is 0 Å². The molecule has 3 aliphatic rings. The fourth-order valence-corrected chi connectivity index (χ4v) is 5.24. The summed E-state index contributed by atoms with van der Waals surface area (Å²) in [6.45, 7) is 1.66. The minimum atomic E-state index is -1.45. The molecule has 3 aromatic rings. The Bertz CT molecular complexity index is 1240. The van der Waals surface area contributed by atoms with Crippen molar-refractivity contribution in [1.29, 1.82) is 0 Å². The number of ether oxygens (including phenoxy) is 1. The Morgan fingerprint density at radius 3 is 2.62 bits per heavy atom. The van der Waals surface area contributed by atoms with Crippen molar-refractivity contribution < 1.29 is 22.7 Å². The molecule has 6 rings (SSSR count). The van der Waals surface area contributed by atoms with Crippen molar-refractivity contribution in [3.05, 3.63) is 60.2 Å². The molecule has 8 nitrogen and oxygen atoms in total. The molecule has 0 spiro atoms. The molecule has 2 saturated heterocycles. The number of fused-ring (bicyclic) bond motifs is 1. The zero-order valence-electron chi connectivity index (χ0n) is 18.2. The van der Waals surface area contributed by atoms with Crippen molar-refractivity contribution in [2.24, 2.45) is 11.8 Å². The van der Waals surface area contributed by atoms with Gasteiger partial charge < -0.3 is 9.64 Å². The first-order valence-corrected chi connectivity index (χ1v) is 11.0. The maximum atomic E-state index is 15.3. The van der Waals surface area contributed by atoms with Crippen LogP contribution in [0.15, 0.2) is 42.9 Å². The Morgan fingerprint density at radius 1 is 1.15 bits per heavy atom. The van der Waals surface area contributed by atoms with Crippen LogP contribution in [0.1, 0.15) is 5.69 Å². The largest absolute Gasteiger partial charge is 0.442 e. The molecule has 0 bridgehead atoms. The molecule has 3 fully saturated rings. The molecule has 1 aromatic carbocycles. The zero-order valence-corrected chi connectivity index (χ0v) is 18.2. The second-order valence-electron chi connectivity index (χ2n) is 9.16. The van der Waals surface area contributed by atoms with E-state index >= 15 is 8.78 Å². The van der Waals surface area contributed by atoms with E-state index in [1.165, 1.54) is 17.1 Å². The van der Waals surface area contributed by atoms with Crippen molar-refractivity contribution in [3.63, 3.8) is 0 Å². The number of nitrogens with zero attached hydrogens (tertiary/aromatic N) is 6. The fourth-order valence-electron chi connectivity index (χ4n) is 5.24. The summed E-state index contributed by atoms with van der Waals surface area (Å²) in [4.78, 5) is 19.7. The number of benzene rings is 1. The molecule has 176 valence electrons. The minimum Gasteiger partial charge on any atom is -0.442 e. The standard InChI is InChI=1S/C23H21F3N6O2/c1-30-11-16-17(12-30)23(16,26)21-3-2-13(8-27-21)15-6-19(25)20(7-18(15)24)32-10-14(34-22(32)33)9-31-5-4-28-29-31/h2-8,14,16-17H,9-12H2,1H3/t14-,16-,17+,23-/m0/s1. The summed E-state index contributed by atoms with van der Waals surface area (Å²) in [5, 5.41) is 7.50. The molecular weight excluding hydrogens is 449 g/mol. The van der Waals surface area contributed by atoms with E-state index in [-0.39, 0.29) is 36.2 Å². The third-order valence-corrected chi connectivity index (χ3v) is 7.00. The number of hydrogen-bond acceptors (Lipinski definition) is 6. The van der Waals surface area contributed by atoms with E-state index in [4.69, 9.17) is 4.74 Å². The van der Waals surface area contributed by atoms with Crippen LogP contribution in [0.5, 0.6) is 0 Å². The quantitative estimate of drug-likeness (QED) is 0.571. The van der Waals surface area contributed by atoms with Crippen LogP contribution in [0.4, 0.5) is 23.7 Å². The number of amides is 1. The highest BCUT2D eigenvalue weighted by Gasteiger charge is 2.70. The van der Waals surface area contributed by atoms with Gasteiger partial charge in [-0.15, -0.1) is 5.10 Å². The first kappa shape index (κ1) is 21.1. The predicted octanol–water partition coefficient (Wildman–Crippen LogP) is 3.00. The topological polar surface area (TPSA) is 76.4 Å². The maximum absolute atomic E-state index is 15.3. The zero-order chi connectivity index (χ0) is 23.6. The van der Waals surface area contributed by atoms with Gasteiger partial charge in [-0.05, 0) is 19.2 Å². The van der Waals surface area contributed by atoms with Gasteiger partial charge in [0.05, 0.1) is 30.7 Å². The second-order valence-corrected chi connectivity index (χ2v) is 9.16. The van der Waals surface area contributed by atoms with Crippen molar-refractivity contribution in [2.75, 3.05) is 31.6 Å². The lowest BCUT2D eigenvalue weighted by molar-refractivity contribution is 0.129. The third-order valence-electron chi connectivity index (χ3n) is 7.00. The summed E-state index contributed by atoms with van der Waals surface area (Å²) in [5.74, 6) is -1.64. The fraction of sp³-hybridized carbons (Fsp3) is 0.391. The number of rotatable bonds is 5. The molecule has 0 unspecified atom stereocenters. The van der Waals surface area contributed by atoms with Crippen molar-refractivity contribution in [1.82, 2.24) is 24.9 Å². The van der Waals surface area contributed by atoms with Crippen LogP contribution in [0.3, 0.4) is 0 Å². The number of carbonyl (C=O) groups excluding carboxylic acids is 1. The number of aromatic nitrogens is 4. The average molecular weight is 470 g/mol. The second kappa shape index (κ2) is 7.52. The Labute approximate surface area is 192 Å². The van der Waals surface area contributed by atoms with E-state index in [9.17, 15) is 9.18 Å². The summed E-state index contributed by atoms with van der Waals surface area (Å²) in [6, 6.07) is 5.09. The molecule has 4 heterocycles. The number of halogens is 3. The number of alkyl halides is 1. The number of cyclic esters (lactones) is 1. The van der Waals surface area contributed by atoms with Gasteiger partial charge in [0, 0.05) is 54.5 Å².